The first-order chi connectivity index (χ1) is 11.0. The van der Waals surface area contributed by atoms with E-state index in [0.29, 0.717) is 0 Å². The van der Waals surface area contributed by atoms with Crippen LogP contribution in [0.3, 0.4) is 0 Å². The van der Waals surface area contributed by atoms with Gasteiger partial charge in [-0.25, -0.2) is 0 Å². The summed E-state index contributed by atoms with van der Waals surface area (Å²) >= 11 is 0. The summed E-state index contributed by atoms with van der Waals surface area (Å²) in [6.45, 7) is 1.90. The van der Waals surface area contributed by atoms with E-state index < -0.39 is 17.8 Å². The molecule has 0 radical (unpaired) electrons. The minimum Gasteiger partial charge on any atom is -0.550 e. The van der Waals surface area contributed by atoms with Crippen molar-refractivity contribution in [3.8, 4) is 5.75 Å². The number of carbonyl (C=O) groups excluding carboxylic acids is 2. The highest BCUT2D eigenvalue weighted by Gasteiger charge is 2.51. The zero-order valence-corrected chi connectivity index (χ0v) is 13.5. The van der Waals surface area contributed by atoms with Crippen LogP contribution in [0.2, 0.25) is 0 Å². The van der Waals surface area contributed by atoms with Crippen molar-refractivity contribution >= 4 is 11.9 Å². The lowest BCUT2D eigenvalue weighted by atomic mass is 9.78. The summed E-state index contributed by atoms with van der Waals surface area (Å²) < 4.78 is 5.13. The Morgan fingerprint density at radius 1 is 1.17 bits per heavy atom. The fourth-order valence-electron chi connectivity index (χ4n) is 4.29. The summed E-state index contributed by atoms with van der Waals surface area (Å²) in [5, 5.41) is 14.4. The number of carbonyl (C=O) groups is 2. The molecular weight excluding hydrogens is 294 g/mol. The molecule has 2 aliphatic carbocycles. The number of hydrogen-bond acceptors (Lipinski definition) is 4. The number of fused-ring (bicyclic) bond motifs is 2. The second-order valence-electron chi connectivity index (χ2n) is 6.71. The van der Waals surface area contributed by atoms with Crippen LogP contribution in [0.1, 0.15) is 37.8 Å². The summed E-state index contributed by atoms with van der Waals surface area (Å²) in [5.74, 6) is -1.25. The molecule has 5 nitrogen and oxygen atoms in total. The Hall–Kier alpha value is -2.04. The van der Waals surface area contributed by atoms with Crippen LogP contribution in [-0.4, -0.2) is 19.0 Å². The number of ether oxygens (including phenoxy) is 1. The van der Waals surface area contributed by atoms with Gasteiger partial charge in [-0.15, -0.1) is 0 Å². The van der Waals surface area contributed by atoms with Gasteiger partial charge < -0.3 is 20.0 Å². The van der Waals surface area contributed by atoms with Crippen LogP contribution in [-0.2, 0) is 9.59 Å². The van der Waals surface area contributed by atoms with Gasteiger partial charge in [-0.3, -0.25) is 4.79 Å². The maximum absolute atomic E-state index is 12.6. The van der Waals surface area contributed by atoms with Gasteiger partial charge in [0.2, 0.25) is 5.91 Å². The van der Waals surface area contributed by atoms with Gasteiger partial charge in [-0.2, -0.15) is 0 Å². The van der Waals surface area contributed by atoms with Crippen molar-refractivity contribution in [3.63, 3.8) is 0 Å². The highest BCUT2D eigenvalue weighted by atomic mass is 16.5. The van der Waals surface area contributed by atoms with Crippen LogP contribution in [0.25, 0.3) is 0 Å². The van der Waals surface area contributed by atoms with E-state index >= 15 is 0 Å². The number of benzene rings is 1. The predicted octanol–water partition coefficient (Wildman–Crippen LogP) is 1.28. The zero-order chi connectivity index (χ0) is 16.6. The highest BCUT2D eigenvalue weighted by Crippen LogP contribution is 2.52. The van der Waals surface area contributed by atoms with Crippen molar-refractivity contribution in [1.29, 1.82) is 0 Å². The quantitative estimate of drug-likeness (QED) is 0.888. The van der Waals surface area contributed by atoms with E-state index in [0.717, 1.165) is 30.6 Å². The monoisotopic (exact) mass is 316 g/mol. The van der Waals surface area contributed by atoms with Crippen LogP contribution >= 0.6 is 0 Å². The summed E-state index contributed by atoms with van der Waals surface area (Å²) in [7, 11) is 1.61. The van der Waals surface area contributed by atoms with Crippen LogP contribution in [0.4, 0.5) is 0 Å². The van der Waals surface area contributed by atoms with Gasteiger partial charge >= 0.3 is 0 Å². The van der Waals surface area contributed by atoms with E-state index in [-0.39, 0.29) is 23.8 Å². The van der Waals surface area contributed by atoms with E-state index in [9.17, 15) is 14.7 Å². The van der Waals surface area contributed by atoms with Gasteiger partial charge in [0.05, 0.1) is 13.2 Å². The molecule has 0 unspecified atom stereocenters. The SMILES string of the molecule is COc1ccc([C@@H](C)NC(=O)[C@H]2[C@@H]3CC[C@@H](C3)[C@@H]2C(=O)[O-])cc1. The molecule has 0 spiro atoms. The number of rotatable bonds is 5. The minimum atomic E-state index is -1.07. The summed E-state index contributed by atoms with van der Waals surface area (Å²) in [5.41, 5.74) is 0.965. The molecule has 2 fully saturated rings. The maximum atomic E-state index is 12.6. The third kappa shape index (κ3) is 2.92. The molecule has 23 heavy (non-hydrogen) atoms. The molecule has 3 rings (SSSR count). The van der Waals surface area contributed by atoms with Crippen LogP contribution in [0.15, 0.2) is 24.3 Å². The molecule has 1 aromatic rings. The Morgan fingerprint density at radius 2 is 1.78 bits per heavy atom. The van der Waals surface area contributed by atoms with Gasteiger partial charge in [-0.05, 0) is 55.7 Å². The lowest BCUT2D eigenvalue weighted by Gasteiger charge is -2.31. The third-order valence-corrected chi connectivity index (χ3v) is 5.47. The lowest BCUT2D eigenvalue weighted by Crippen LogP contribution is -2.46. The first kappa shape index (κ1) is 15.8. The Kier molecular flexibility index (Phi) is 4.28. The summed E-state index contributed by atoms with van der Waals surface area (Å²) in [6, 6.07) is 7.33. The van der Waals surface area contributed by atoms with Gasteiger partial charge in [0.1, 0.15) is 5.75 Å². The zero-order valence-electron chi connectivity index (χ0n) is 13.5. The number of carboxylic acids is 1. The molecule has 5 atom stereocenters. The molecule has 5 heteroatoms. The van der Waals surface area contributed by atoms with Crippen molar-refractivity contribution in [2.24, 2.45) is 23.7 Å². The number of carboxylic acid groups (broad SMARTS) is 1. The molecule has 2 saturated carbocycles. The highest BCUT2D eigenvalue weighted by molar-refractivity contribution is 5.85. The lowest BCUT2D eigenvalue weighted by molar-refractivity contribution is -0.314. The molecule has 1 amide bonds. The van der Waals surface area contributed by atoms with Crippen molar-refractivity contribution in [2.75, 3.05) is 7.11 Å². The minimum absolute atomic E-state index is 0.108. The molecular formula is C18H22NO4-. The third-order valence-electron chi connectivity index (χ3n) is 5.47. The molecule has 0 heterocycles. The average molecular weight is 316 g/mol. The first-order valence-corrected chi connectivity index (χ1v) is 8.16. The molecule has 0 aliphatic heterocycles. The largest absolute Gasteiger partial charge is 0.550 e. The number of nitrogens with one attached hydrogen (secondary N) is 1. The fraction of sp³-hybridized carbons (Fsp3) is 0.556. The van der Waals surface area contributed by atoms with Gasteiger partial charge in [0, 0.05) is 17.8 Å². The number of amides is 1. The first-order valence-electron chi connectivity index (χ1n) is 8.16. The van der Waals surface area contributed by atoms with Gasteiger partial charge in [-0.1, -0.05) is 12.1 Å². The van der Waals surface area contributed by atoms with Crippen molar-refractivity contribution in [3.05, 3.63) is 29.8 Å². The van der Waals surface area contributed by atoms with Crippen molar-refractivity contribution < 1.29 is 19.4 Å². The fourth-order valence-corrected chi connectivity index (χ4v) is 4.29. The van der Waals surface area contributed by atoms with E-state index in [4.69, 9.17) is 4.74 Å². The average Bonchev–Trinajstić information content (AvgIpc) is 3.15. The van der Waals surface area contributed by atoms with Gasteiger partial charge in [0.25, 0.3) is 0 Å². The molecule has 0 aromatic heterocycles. The summed E-state index contributed by atoms with van der Waals surface area (Å²) in [4.78, 5) is 24.1. The van der Waals surface area contributed by atoms with Crippen LogP contribution in [0.5, 0.6) is 5.75 Å². The number of aliphatic carboxylic acids is 1. The Balaban J connectivity index is 1.69. The van der Waals surface area contributed by atoms with Gasteiger partial charge in [0.15, 0.2) is 0 Å². The molecule has 2 bridgehead atoms. The second kappa shape index (κ2) is 6.22. The van der Waals surface area contributed by atoms with E-state index in [1.54, 1.807) is 7.11 Å². The molecule has 2 aliphatic rings. The Labute approximate surface area is 136 Å². The van der Waals surface area contributed by atoms with Crippen LogP contribution in [0, 0.1) is 23.7 Å². The smallest absolute Gasteiger partial charge is 0.224 e. The predicted molar refractivity (Wildman–Crippen MR) is 82.4 cm³/mol. The topological polar surface area (TPSA) is 78.5 Å². The molecule has 0 saturated heterocycles. The number of methoxy groups -OCH3 is 1. The van der Waals surface area contributed by atoms with Crippen molar-refractivity contribution in [2.45, 2.75) is 32.2 Å². The summed E-state index contributed by atoms with van der Waals surface area (Å²) in [6.07, 6.45) is 2.69. The van der Waals surface area contributed by atoms with Crippen LogP contribution < -0.4 is 15.2 Å². The molecule has 124 valence electrons. The Morgan fingerprint density at radius 3 is 2.35 bits per heavy atom. The van der Waals surface area contributed by atoms with Crippen molar-refractivity contribution in [1.82, 2.24) is 5.32 Å². The molecule has 1 N–H and O–H groups in total. The maximum Gasteiger partial charge on any atom is 0.224 e. The van der Waals surface area contributed by atoms with E-state index in [1.807, 2.05) is 31.2 Å². The normalized spacial score (nSPS) is 30.0. The number of hydrogen-bond donors (Lipinski definition) is 1. The second-order valence-corrected chi connectivity index (χ2v) is 6.71. The standard InChI is InChI=1S/C18H23NO4/c1-10(11-5-7-14(23-2)8-6-11)19-17(20)15-12-3-4-13(9-12)16(15)18(21)22/h5-8,10,12-13,15-16H,3-4,9H2,1-2H3,(H,19,20)(H,21,22)/p-1/t10-,12-,13+,15+,16+/m1/s1. The van der Waals surface area contributed by atoms with E-state index in [2.05, 4.69) is 5.32 Å². The van der Waals surface area contributed by atoms with E-state index in [1.165, 1.54) is 0 Å². The molecule has 1 aromatic carbocycles. The Bertz CT molecular complexity index is 598.